The molecule has 2 saturated heterocycles. The number of carbonyl (C=O) groups excluding carboxylic acids is 1. The molecule has 2 aromatic rings. The number of piperidine rings is 2. The lowest BCUT2D eigenvalue weighted by Gasteiger charge is -2.26. The molecule has 6 heteroatoms. The second kappa shape index (κ2) is 16.3. The number of allylic oxidation sites excluding steroid dienone is 1. The molecule has 0 aromatic heterocycles. The minimum absolute atomic E-state index is 0.0560. The quantitative estimate of drug-likeness (QED) is 0.158. The summed E-state index contributed by atoms with van der Waals surface area (Å²) >= 11 is 0. The van der Waals surface area contributed by atoms with Gasteiger partial charge in [0.25, 0.3) is 0 Å². The number of phenols is 1. The van der Waals surface area contributed by atoms with Crippen molar-refractivity contribution in [2.45, 2.75) is 64.2 Å². The highest BCUT2D eigenvalue weighted by Gasteiger charge is 2.12. The first-order valence-electron chi connectivity index (χ1n) is 15.0. The molecule has 39 heavy (non-hydrogen) atoms. The molecule has 0 amide bonds. The molecule has 0 aliphatic carbocycles. The molecule has 2 fully saturated rings. The van der Waals surface area contributed by atoms with E-state index in [4.69, 9.17) is 9.47 Å². The zero-order valence-corrected chi connectivity index (χ0v) is 23.5. The van der Waals surface area contributed by atoms with Crippen LogP contribution in [0.1, 0.15) is 80.1 Å². The highest BCUT2D eigenvalue weighted by molar-refractivity contribution is 6.08. The Bertz CT molecular complexity index is 1020. The van der Waals surface area contributed by atoms with Crippen LogP contribution >= 0.6 is 0 Å². The Morgan fingerprint density at radius 2 is 1.26 bits per heavy atom. The number of unbranched alkanes of at least 4 members (excludes halogenated alkanes) is 2. The fourth-order valence-corrected chi connectivity index (χ4v) is 5.37. The van der Waals surface area contributed by atoms with Crippen LogP contribution in [0.3, 0.4) is 0 Å². The van der Waals surface area contributed by atoms with Gasteiger partial charge in [0.2, 0.25) is 0 Å². The minimum Gasteiger partial charge on any atom is -0.507 e. The number of benzene rings is 2. The number of phenolic OH excluding ortho intramolecular Hbond substituents is 1. The third-order valence-corrected chi connectivity index (χ3v) is 7.71. The van der Waals surface area contributed by atoms with E-state index in [-0.39, 0.29) is 17.1 Å². The summed E-state index contributed by atoms with van der Waals surface area (Å²) in [5, 5.41) is 10.4. The number of ether oxygens (including phenoxy) is 2. The van der Waals surface area contributed by atoms with Gasteiger partial charge in [0.15, 0.2) is 5.78 Å². The zero-order chi connectivity index (χ0) is 27.1. The van der Waals surface area contributed by atoms with Gasteiger partial charge in [0, 0.05) is 6.07 Å². The molecule has 0 saturated carbocycles. The summed E-state index contributed by atoms with van der Waals surface area (Å²) in [5.41, 5.74) is 1.18. The predicted octanol–water partition coefficient (Wildman–Crippen LogP) is 6.58. The summed E-state index contributed by atoms with van der Waals surface area (Å²) in [7, 11) is 0. The van der Waals surface area contributed by atoms with Crippen LogP contribution in [0.4, 0.5) is 0 Å². The summed E-state index contributed by atoms with van der Waals surface area (Å²) in [6.07, 6.45) is 15.6. The van der Waals surface area contributed by atoms with E-state index in [1.54, 1.807) is 18.2 Å². The Labute approximate surface area is 234 Å². The van der Waals surface area contributed by atoms with Crippen molar-refractivity contribution in [3.63, 3.8) is 0 Å². The van der Waals surface area contributed by atoms with E-state index >= 15 is 0 Å². The molecule has 0 unspecified atom stereocenters. The molecule has 2 aliphatic rings. The highest BCUT2D eigenvalue weighted by atomic mass is 16.5. The van der Waals surface area contributed by atoms with Crippen LogP contribution in [0.15, 0.2) is 48.5 Å². The number of rotatable bonds is 15. The molecular weight excluding hydrogens is 488 g/mol. The molecule has 1 N–H and O–H groups in total. The average molecular weight is 535 g/mol. The molecule has 0 radical (unpaired) electrons. The lowest BCUT2D eigenvalue weighted by molar-refractivity contribution is 0.104. The Morgan fingerprint density at radius 3 is 1.82 bits per heavy atom. The number of hydrogen-bond donors (Lipinski definition) is 1. The Kier molecular flexibility index (Phi) is 12.2. The van der Waals surface area contributed by atoms with E-state index in [2.05, 4.69) is 9.80 Å². The molecule has 212 valence electrons. The van der Waals surface area contributed by atoms with Crippen LogP contribution in [-0.2, 0) is 0 Å². The minimum atomic E-state index is -0.241. The largest absolute Gasteiger partial charge is 0.507 e. The van der Waals surface area contributed by atoms with Gasteiger partial charge in [-0.3, -0.25) is 4.79 Å². The molecule has 6 nitrogen and oxygen atoms in total. The lowest BCUT2D eigenvalue weighted by Crippen LogP contribution is -2.30. The van der Waals surface area contributed by atoms with Crippen LogP contribution < -0.4 is 9.47 Å². The number of ketones is 1. The van der Waals surface area contributed by atoms with E-state index in [0.29, 0.717) is 12.4 Å². The maximum Gasteiger partial charge on any atom is 0.189 e. The number of aromatic hydroxyl groups is 1. The van der Waals surface area contributed by atoms with Crippen molar-refractivity contribution in [3.8, 4) is 17.2 Å². The molecule has 0 atom stereocenters. The van der Waals surface area contributed by atoms with Crippen molar-refractivity contribution in [1.82, 2.24) is 9.80 Å². The van der Waals surface area contributed by atoms with Crippen molar-refractivity contribution in [3.05, 3.63) is 59.7 Å². The van der Waals surface area contributed by atoms with Crippen LogP contribution in [0, 0.1) is 0 Å². The summed E-state index contributed by atoms with van der Waals surface area (Å²) in [6.45, 7) is 8.56. The van der Waals surface area contributed by atoms with Crippen LogP contribution in [0.5, 0.6) is 17.2 Å². The topological polar surface area (TPSA) is 62.2 Å². The second-order valence-corrected chi connectivity index (χ2v) is 10.9. The highest BCUT2D eigenvalue weighted by Crippen LogP contribution is 2.25. The third-order valence-electron chi connectivity index (χ3n) is 7.71. The maximum atomic E-state index is 12.7. The van der Waals surface area contributed by atoms with Gasteiger partial charge in [-0.15, -0.1) is 0 Å². The Morgan fingerprint density at radius 1 is 0.718 bits per heavy atom. The van der Waals surface area contributed by atoms with Gasteiger partial charge in [-0.2, -0.15) is 0 Å². The number of nitrogens with zero attached hydrogens (tertiary/aromatic N) is 2. The molecule has 0 spiro atoms. The molecule has 4 rings (SSSR count). The molecule has 0 bridgehead atoms. The molecule has 2 aromatic carbocycles. The normalized spacial score (nSPS) is 16.9. The average Bonchev–Trinajstić information content (AvgIpc) is 2.97. The third kappa shape index (κ3) is 10.3. The fourth-order valence-electron chi connectivity index (χ4n) is 5.37. The van der Waals surface area contributed by atoms with Gasteiger partial charge in [-0.25, -0.2) is 0 Å². The maximum absolute atomic E-state index is 12.7. The van der Waals surface area contributed by atoms with E-state index in [1.807, 2.05) is 24.3 Å². The zero-order valence-electron chi connectivity index (χ0n) is 23.5. The van der Waals surface area contributed by atoms with Crippen molar-refractivity contribution in [2.75, 3.05) is 52.5 Å². The van der Waals surface area contributed by atoms with Crippen molar-refractivity contribution in [1.29, 1.82) is 0 Å². The molecule has 2 aliphatic heterocycles. The smallest absolute Gasteiger partial charge is 0.189 e. The van der Waals surface area contributed by atoms with Crippen molar-refractivity contribution in [2.24, 2.45) is 0 Å². The Hall–Kier alpha value is -2.83. The Balaban J connectivity index is 1.13. The molecular formula is C33H46N2O4. The first-order chi connectivity index (χ1) is 19.2. The lowest BCUT2D eigenvalue weighted by atomic mass is 10.1. The fraction of sp³-hybridized carbons (Fsp3) is 0.545. The SMILES string of the molecule is O=C(/C=C/c1ccc(OCCCCN2CCCCC2)cc1)c1ccc(OCCCCN2CCCCC2)cc1O. The van der Waals surface area contributed by atoms with Gasteiger partial charge < -0.3 is 24.4 Å². The van der Waals surface area contributed by atoms with Gasteiger partial charge in [0.05, 0.1) is 18.8 Å². The summed E-state index contributed by atoms with van der Waals surface area (Å²) in [5.74, 6) is 1.14. The summed E-state index contributed by atoms with van der Waals surface area (Å²) in [4.78, 5) is 17.8. The van der Waals surface area contributed by atoms with Crippen molar-refractivity contribution >= 4 is 11.9 Å². The standard InChI is InChI=1S/C33H46N2O4/c36-32(31-17-16-30(27-33(31)37)39-26-10-8-24-35-21-5-2-6-22-35)18-13-28-11-14-29(15-12-28)38-25-9-7-23-34-19-3-1-4-20-34/h11-18,27,37H,1-10,19-26H2/b18-13+. The predicted molar refractivity (Wildman–Crippen MR) is 158 cm³/mol. The number of likely N-dealkylation sites (tertiary alicyclic amines) is 2. The van der Waals surface area contributed by atoms with Gasteiger partial charge in [-0.1, -0.05) is 31.1 Å². The summed E-state index contributed by atoms with van der Waals surface area (Å²) in [6, 6.07) is 12.7. The first kappa shape index (κ1) is 29.2. The van der Waals surface area contributed by atoms with Crippen LogP contribution in [0.2, 0.25) is 0 Å². The van der Waals surface area contributed by atoms with E-state index < -0.39 is 0 Å². The van der Waals surface area contributed by atoms with E-state index in [0.717, 1.165) is 43.7 Å². The van der Waals surface area contributed by atoms with E-state index in [1.165, 1.54) is 89.8 Å². The summed E-state index contributed by atoms with van der Waals surface area (Å²) < 4.78 is 11.7. The number of hydrogen-bond acceptors (Lipinski definition) is 6. The van der Waals surface area contributed by atoms with Crippen LogP contribution in [-0.4, -0.2) is 73.2 Å². The van der Waals surface area contributed by atoms with Crippen molar-refractivity contribution < 1.29 is 19.4 Å². The van der Waals surface area contributed by atoms with Gasteiger partial charge in [-0.05, 0) is 127 Å². The second-order valence-electron chi connectivity index (χ2n) is 10.9. The van der Waals surface area contributed by atoms with Gasteiger partial charge >= 0.3 is 0 Å². The van der Waals surface area contributed by atoms with E-state index in [9.17, 15) is 9.90 Å². The molecule has 2 heterocycles. The van der Waals surface area contributed by atoms with Crippen LogP contribution in [0.25, 0.3) is 6.08 Å². The van der Waals surface area contributed by atoms with Gasteiger partial charge in [0.1, 0.15) is 17.2 Å². The monoisotopic (exact) mass is 534 g/mol. The first-order valence-corrected chi connectivity index (χ1v) is 15.0. The number of carbonyl (C=O) groups is 1.